The number of hydrogen-bond acceptors (Lipinski definition) is 7. The number of nitrogens with zero attached hydrogens (tertiary/aromatic N) is 7. The van der Waals surface area contributed by atoms with Gasteiger partial charge < -0.3 is 14.6 Å². The summed E-state index contributed by atoms with van der Waals surface area (Å²) >= 11 is 0. The molecule has 1 aliphatic heterocycles. The lowest BCUT2D eigenvalue weighted by molar-refractivity contribution is 0.131. The molecule has 1 aliphatic rings. The first-order chi connectivity index (χ1) is 18.2. The van der Waals surface area contributed by atoms with Gasteiger partial charge in [-0.2, -0.15) is 10.2 Å². The Morgan fingerprint density at radius 2 is 2.00 bits per heavy atom. The number of likely N-dealkylation sites (N-methyl/N-ethyl adjacent to an activating group) is 1. The standard InChI is InChI=1S/C28H37N7O3/c1-7-33-16-20(5)38-28-24(14-29-32(28)6)21-10-11-34-25(12-21)22(13-30-34)8-9-23-26(17-33)35(15-19(4)36)31-27(23)37-18(2)3/h8-14,18-20,36H,7,15-17H2,1-6H3/b9-8+/t19-,20-/m0/s1. The Bertz CT molecular complexity index is 1450. The summed E-state index contributed by atoms with van der Waals surface area (Å²) in [6.07, 6.45) is 9.10. The fraction of sp³-hybridized carbons (Fsp3) is 0.464. The summed E-state index contributed by atoms with van der Waals surface area (Å²) in [6.45, 7) is 12.5. The predicted molar refractivity (Wildman–Crippen MR) is 147 cm³/mol. The van der Waals surface area contributed by atoms with Crippen LogP contribution in [0.15, 0.2) is 30.7 Å². The molecule has 0 saturated carbocycles. The van der Waals surface area contributed by atoms with E-state index in [9.17, 15) is 5.11 Å². The van der Waals surface area contributed by atoms with Crippen molar-refractivity contribution >= 4 is 17.7 Å². The van der Waals surface area contributed by atoms with E-state index in [1.165, 1.54) is 0 Å². The first kappa shape index (κ1) is 26.0. The lowest BCUT2D eigenvalue weighted by Gasteiger charge is -2.26. The van der Waals surface area contributed by atoms with E-state index < -0.39 is 6.10 Å². The number of hydrogen-bond donors (Lipinski definition) is 1. The molecule has 202 valence electrons. The minimum Gasteiger partial charge on any atom is -0.473 e. The molecule has 5 heterocycles. The molecule has 4 aromatic rings. The van der Waals surface area contributed by atoms with Gasteiger partial charge in [0.25, 0.3) is 0 Å². The van der Waals surface area contributed by atoms with E-state index in [-0.39, 0.29) is 12.2 Å². The van der Waals surface area contributed by atoms with Gasteiger partial charge >= 0.3 is 0 Å². The van der Waals surface area contributed by atoms with Gasteiger partial charge in [-0.3, -0.25) is 9.58 Å². The van der Waals surface area contributed by atoms with E-state index in [0.717, 1.165) is 45.9 Å². The number of pyridine rings is 1. The van der Waals surface area contributed by atoms with Gasteiger partial charge in [0.05, 0.1) is 53.5 Å². The third kappa shape index (κ3) is 5.19. The van der Waals surface area contributed by atoms with Gasteiger partial charge in [0.2, 0.25) is 11.8 Å². The number of aliphatic hydroxyl groups is 1. The van der Waals surface area contributed by atoms with Crippen LogP contribution >= 0.6 is 0 Å². The number of rotatable bonds is 5. The van der Waals surface area contributed by atoms with Gasteiger partial charge in [0.15, 0.2) is 0 Å². The molecular formula is C28H37N7O3. The summed E-state index contributed by atoms with van der Waals surface area (Å²) in [4.78, 5) is 2.32. The monoisotopic (exact) mass is 519 g/mol. The average Bonchev–Trinajstić information content (AvgIpc) is 3.52. The lowest BCUT2D eigenvalue weighted by atomic mass is 10.1. The third-order valence-electron chi connectivity index (χ3n) is 6.67. The van der Waals surface area contributed by atoms with E-state index in [2.05, 4.69) is 47.2 Å². The number of aromatic nitrogens is 6. The zero-order valence-corrected chi connectivity index (χ0v) is 23.0. The van der Waals surface area contributed by atoms with E-state index in [1.807, 2.05) is 54.7 Å². The Labute approximate surface area is 223 Å². The first-order valence-corrected chi connectivity index (χ1v) is 13.2. The van der Waals surface area contributed by atoms with Crippen molar-refractivity contribution in [3.8, 4) is 22.9 Å². The Kier molecular flexibility index (Phi) is 7.27. The molecule has 5 rings (SSSR count). The second-order valence-corrected chi connectivity index (χ2v) is 10.3. The van der Waals surface area contributed by atoms with E-state index in [0.29, 0.717) is 25.5 Å². The molecule has 0 aliphatic carbocycles. The van der Waals surface area contributed by atoms with Gasteiger partial charge in [-0.05, 0) is 58.0 Å². The van der Waals surface area contributed by atoms with Crippen molar-refractivity contribution in [2.24, 2.45) is 7.05 Å². The molecular weight excluding hydrogens is 482 g/mol. The minimum atomic E-state index is -0.551. The van der Waals surface area contributed by atoms with E-state index in [4.69, 9.17) is 14.6 Å². The molecule has 0 aromatic carbocycles. The van der Waals surface area contributed by atoms with Crippen LogP contribution < -0.4 is 9.47 Å². The van der Waals surface area contributed by atoms with Gasteiger partial charge in [0.1, 0.15) is 6.10 Å². The van der Waals surface area contributed by atoms with Crippen LogP contribution in [0.2, 0.25) is 0 Å². The van der Waals surface area contributed by atoms with Crippen LogP contribution in [0.5, 0.6) is 11.8 Å². The zero-order chi connectivity index (χ0) is 27.0. The molecule has 2 atom stereocenters. The maximum atomic E-state index is 10.2. The molecule has 0 unspecified atom stereocenters. The number of fused-ring (bicyclic) bond motifs is 4. The summed E-state index contributed by atoms with van der Waals surface area (Å²) in [5.74, 6) is 1.30. The Morgan fingerprint density at radius 1 is 1.18 bits per heavy atom. The highest BCUT2D eigenvalue weighted by Gasteiger charge is 2.24. The van der Waals surface area contributed by atoms with Crippen LogP contribution in [-0.4, -0.2) is 70.6 Å². The summed E-state index contributed by atoms with van der Waals surface area (Å²) in [5, 5.41) is 24.1. The van der Waals surface area contributed by atoms with Gasteiger partial charge in [0, 0.05) is 31.9 Å². The van der Waals surface area contributed by atoms with Gasteiger partial charge in [-0.1, -0.05) is 13.0 Å². The molecule has 10 heteroatoms. The molecule has 1 N–H and O–H groups in total. The number of aliphatic hydroxyl groups excluding tert-OH is 1. The van der Waals surface area contributed by atoms with Crippen molar-refractivity contribution in [1.82, 2.24) is 34.1 Å². The lowest BCUT2D eigenvalue weighted by Crippen LogP contribution is -2.35. The van der Waals surface area contributed by atoms with Gasteiger partial charge in [-0.25, -0.2) is 9.20 Å². The second-order valence-electron chi connectivity index (χ2n) is 10.3. The molecule has 38 heavy (non-hydrogen) atoms. The molecule has 2 bridgehead atoms. The quantitative estimate of drug-likeness (QED) is 0.428. The molecule has 4 aromatic heterocycles. The van der Waals surface area contributed by atoms with Crippen LogP contribution in [0.4, 0.5) is 0 Å². The van der Waals surface area contributed by atoms with Crippen molar-refractivity contribution in [2.75, 3.05) is 13.1 Å². The first-order valence-electron chi connectivity index (χ1n) is 13.2. The molecule has 0 saturated heterocycles. The minimum absolute atomic E-state index is 0.0404. The van der Waals surface area contributed by atoms with Crippen LogP contribution in [0.1, 0.15) is 51.4 Å². The van der Waals surface area contributed by atoms with Crippen molar-refractivity contribution in [3.05, 3.63) is 47.5 Å². The Morgan fingerprint density at radius 3 is 2.74 bits per heavy atom. The maximum absolute atomic E-state index is 10.2. The van der Waals surface area contributed by atoms with Crippen LogP contribution in [0.25, 0.3) is 28.8 Å². The summed E-state index contributed by atoms with van der Waals surface area (Å²) in [5.41, 5.74) is 5.79. The van der Waals surface area contributed by atoms with Gasteiger partial charge in [-0.15, -0.1) is 5.10 Å². The molecule has 0 radical (unpaired) electrons. The topological polar surface area (TPSA) is 94.9 Å². The number of aryl methyl sites for hydroxylation is 1. The van der Waals surface area contributed by atoms with Crippen molar-refractivity contribution in [2.45, 2.75) is 66.0 Å². The number of ether oxygens (including phenoxy) is 2. The fourth-order valence-electron chi connectivity index (χ4n) is 4.87. The summed E-state index contributed by atoms with van der Waals surface area (Å²) in [6, 6.07) is 4.15. The predicted octanol–water partition coefficient (Wildman–Crippen LogP) is 3.87. The molecule has 10 nitrogen and oxygen atoms in total. The average molecular weight is 520 g/mol. The van der Waals surface area contributed by atoms with E-state index in [1.54, 1.807) is 11.6 Å². The van der Waals surface area contributed by atoms with E-state index >= 15 is 0 Å². The van der Waals surface area contributed by atoms with Crippen LogP contribution in [0.3, 0.4) is 0 Å². The smallest absolute Gasteiger partial charge is 0.240 e. The zero-order valence-electron chi connectivity index (χ0n) is 23.0. The third-order valence-corrected chi connectivity index (χ3v) is 6.67. The molecule has 0 fully saturated rings. The molecule has 0 spiro atoms. The summed E-state index contributed by atoms with van der Waals surface area (Å²) < 4.78 is 18.2. The Balaban J connectivity index is 1.70. The summed E-state index contributed by atoms with van der Waals surface area (Å²) in [7, 11) is 1.90. The SMILES string of the molecule is CCN1Cc2c(c(OC(C)C)nn2C[C@H](C)O)/C=C/c2cnn3ccc(cc23)-c2cnn(C)c2O[C@@H](C)C1. The second kappa shape index (κ2) is 10.6. The highest BCUT2D eigenvalue weighted by atomic mass is 16.5. The van der Waals surface area contributed by atoms with Crippen molar-refractivity contribution < 1.29 is 14.6 Å². The normalized spacial score (nSPS) is 18.1. The highest BCUT2D eigenvalue weighted by Crippen LogP contribution is 2.33. The van der Waals surface area contributed by atoms with Crippen LogP contribution in [-0.2, 0) is 20.1 Å². The van der Waals surface area contributed by atoms with Crippen LogP contribution in [0, 0.1) is 0 Å². The highest BCUT2D eigenvalue weighted by molar-refractivity contribution is 5.82. The van der Waals surface area contributed by atoms with Crippen molar-refractivity contribution in [1.29, 1.82) is 0 Å². The van der Waals surface area contributed by atoms with Crippen molar-refractivity contribution in [3.63, 3.8) is 0 Å². The maximum Gasteiger partial charge on any atom is 0.240 e. The molecule has 0 amide bonds. The Hall–Kier alpha value is -3.63. The fourth-order valence-corrected chi connectivity index (χ4v) is 4.87. The largest absolute Gasteiger partial charge is 0.473 e.